The maximum Gasteiger partial charge on any atom is 0.260 e. The highest BCUT2D eigenvalue weighted by molar-refractivity contribution is 8.00. The van der Waals surface area contributed by atoms with E-state index in [1.807, 2.05) is 31.2 Å². The Kier molecular flexibility index (Phi) is 7.69. The molecule has 0 heterocycles. The highest BCUT2D eigenvalue weighted by Crippen LogP contribution is 2.17. The molecular weight excluding hydrogens is 386 g/mol. The minimum absolute atomic E-state index is 0.156. The standard InChI is InChI=1S/C19H20ClN3O3S/c1-12-7-9-14(10-8-12)27-11-17(24)22-23-18(25)13(2)21-19(26)15-5-3-4-6-16(15)20/h3-10,13H,11H2,1-2H3,(H,21,26)(H,22,24)(H,23,25)/t13-/m0/s1. The fourth-order valence-electron chi connectivity index (χ4n) is 2.04. The molecule has 0 radical (unpaired) electrons. The Morgan fingerprint density at radius 3 is 2.37 bits per heavy atom. The van der Waals surface area contributed by atoms with Gasteiger partial charge in [-0.1, -0.05) is 41.4 Å². The van der Waals surface area contributed by atoms with Crippen LogP contribution in [0.25, 0.3) is 0 Å². The van der Waals surface area contributed by atoms with Gasteiger partial charge >= 0.3 is 0 Å². The third kappa shape index (κ3) is 6.62. The predicted octanol–water partition coefficient (Wildman–Crippen LogP) is 2.71. The van der Waals surface area contributed by atoms with Crippen LogP contribution in [-0.4, -0.2) is 29.5 Å². The molecule has 8 heteroatoms. The summed E-state index contributed by atoms with van der Waals surface area (Å²) in [4.78, 5) is 37.0. The first-order valence-corrected chi connectivity index (χ1v) is 9.56. The van der Waals surface area contributed by atoms with Crippen LogP contribution in [0, 0.1) is 6.92 Å². The molecule has 1 atom stereocenters. The van der Waals surface area contributed by atoms with Crippen molar-refractivity contribution in [3.63, 3.8) is 0 Å². The second kappa shape index (κ2) is 9.99. The number of nitrogens with one attached hydrogen (secondary N) is 3. The van der Waals surface area contributed by atoms with Crippen molar-refractivity contribution in [3.05, 3.63) is 64.7 Å². The van der Waals surface area contributed by atoms with E-state index in [1.54, 1.807) is 24.3 Å². The molecule has 0 bridgehead atoms. The third-order valence-electron chi connectivity index (χ3n) is 3.58. The fraction of sp³-hybridized carbons (Fsp3) is 0.211. The van der Waals surface area contributed by atoms with E-state index in [4.69, 9.17) is 11.6 Å². The van der Waals surface area contributed by atoms with E-state index in [2.05, 4.69) is 16.2 Å². The van der Waals surface area contributed by atoms with Gasteiger partial charge in [0.15, 0.2) is 0 Å². The van der Waals surface area contributed by atoms with Gasteiger partial charge in [0.2, 0.25) is 5.91 Å². The fourth-order valence-corrected chi connectivity index (χ4v) is 2.96. The number of hydrogen-bond acceptors (Lipinski definition) is 4. The van der Waals surface area contributed by atoms with Crippen molar-refractivity contribution >= 4 is 41.1 Å². The summed E-state index contributed by atoms with van der Waals surface area (Å²) in [7, 11) is 0. The minimum Gasteiger partial charge on any atom is -0.340 e. The second-order valence-electron chi connectivity index (χ2n) is 5.81. The van der Waals surface area contributed by atoms with Gasteiger partial charge in [0.05, 0.1) is 16.3 Å². The van der Waals surface area contributed by atoms with E-state index < -0.39 is 17.9 Å². The van der Waals surface area contributed by atoms with Crippen LogP contribution in [0.15, 0.2) is 53.4 Å². The summed E-state index contributed by atoms with van der Waals surface area (Å²) in [6.45, 7) is 3.50. The van der Waals surface area contributed by atoms with Crippen LogP contribution in [0.3, 0.4) is 0 Å². The molecular formula is C19H20ClN3O3S. The van der Waals surface area contributed by atoms with Crippen molar-refractivity contribution in [1.29, 1.82) is 0 Å². The number of aryl methyl sites for hydroxylation is 1. The summed E-state index contributed by atoms with van der Waals surface area (Å²) in [6, 6.07) is 13.5. The Bertz CT molecular complexity index is 827. The molecule has 0 unspecified atom stereocenters. The maximum atomic E-state index is 12.1. The normalized spacial score (nSPS) is 11.4. The molecule has 0 aromatic heterocycles. The van der Waals surface area contributed by atoms with Crippen LogP contribution in [0.5, 0.6) is 0 Å². The van der Waals surface area contributed by atoms with Gasteiger partial charge in [-0.3, -0.25) is 25.2 Å². The van der Waals surface area contributed by atoms with Gasteiger partial charge in [0, 0.05) is 4.90 Å². The first kappa shape index (κ1) is 20.8. The topological polar surface area (TPSA) is 87.3 Å². The zero-order valence-corrected chi connectivity index (χ0v) is 16.5. The number of benzene rings is 2. The molecule has 27 heavy (non-hydrogen) atoms. The second-order valence-corrected chi connectivity index (χ2v) is 7.27. The molecule has 6 nitrogen and oxygen atoms in total. The van der Waals surface area contributed by atoms with Crippen LogP contribution >= 0.6 is 23.4 Å². The first-order valence-electron chi connectivity index (χ1n) is 8.20. The van der Waals surface area contributed by atoms with E-state index in [-0.39, 0.29) is 17.2 Å². The van der Waals surface area contributed by atoms with Gasteiger partial charge in [0.25, 0.3) is 11.8 Å². The lowest BCUT2D eigenvalue weighted by atomic mass is 10.2. The highest BCUT2D eigenvalue weighted by Gasteiger charge is 2.18. The Hall–Kier alpha value is -2.51. The molecule has 0 saturated carbocycles. The Morgan fingerprint density at radius 1 is 1.04 bits per heavy atom. The number of carbonyl (C=O) groups is 3. The number of hydrazine groups is 1. The highest BCUT2D eigenvalue weighted by atomic mass is 35.5. The molecule has 3 amide bonds. The van der Waals surface area contributed by atoms with Crippen molar-refractivity contribution in [2.24, 2.45) is 0 Å². The quantitative estimate of drug-likeness (QED) is 0.509. The molecule has 0 spiro atoms. The van der Waals surface area contributed by atoms with Crippen LogP contribution in [0.1, 0.15) is 22.8 Å². The number of thioether (sulfide) groups is 1. The van der Waals surface area contributed by atoms with E-state index >= 15 is 0 Å². The lowest BCUT2D eigenvalue weighted by Gasteiger charge is -2.15. The van der Waals surface area contributed by atoms with Gasteiger partial charge in [-0.15, -0.1) is 11.8 Å². The van der Waals surface area contributed by atoms with Crippen LogP contribution in [-0.2, 0) is 9.59 Å². The molecule has 2 aromatic rings. The van der Waals surface area contributed by atoms with E-state index in [1.165, 1.54) is 18.7 Å². The number of halogens is 1. The van der Waals surface area contributed by atoms with Crippen molar-refractivity contribution in [2.75, 3.05) is 5.75 Å². The number of amides is 3. The summed E-state index contributed by atoms with van der Waals surface area (Å²) in [5, 5.41) is 2.83. The Balaban J connectivity index is 1.75. The summed E-state index contributed by atoms with van der Waals surface area (Å²) >= 11 is 7.32. The van der Waals surface area contributed by atoms with Gasteiger partial charge in [-0.2, -0.15) is 0 Å². The summed E-state index contributed by atoms with van der Waals surface area (Å²) in [5.74, 6) is -1.20. The molecule has 2 aromatic carbocycles. The number of hydrogen-bond donors (Lipinski definition) is 3. The lowest BCUT2D eigenvalue weighted by Crippen LogP contribution is -2.51. The van der Waals surface area contributed by atoms with Gasteiger partial charge in [0.1, 0.15) is 6.04 Å². The zero-order chi connectivity index (χ0) is 19.8. The molecule has 0 aliphatic rings. The monoisotopic (exact) mass is 405 g/mol. The lowest BCUT2D eigenvalue weighted by molar-refractivity contribution is -0.128. The van der Waals surface area contributed by atoms with E-state index in [0.29, 0.717) is 5.02 Å². The zero-order valence-electron chi connectivity index (χ0n) is 14.9. The Labute approximate surface area is 167 Å². The maximum absolute atomic E-state index is 12.1. The third-order valence-corrected chi connectivity index (χ3v) is 4.92. The van der Waals surface area contributed by atoms with Gasteiger partial charge in [-0.25, -0.2) is 0 Å². The van der Waals surface area contributed by atoms with Crippen LogP contribution < -0.4 is 16.2 Å². The van der Waals surface area contributed by atoms with Gasteiger partial charge in [-0.05, 0) is 38.1 Å². The van der Waals surface area contributed by atoms with Crippen molar-refractivity contribution in [3.8, 4) is 0 Å². The van der Waals surface area contributed by atoms with Gasteiger partial charge < -0.3 is 5.32 Å². The van der Waals surface area contributed by atoms with E-state index in [0.717, 1.165) is 10.5 Å². The van der Waals surface area contributed by atoms with Crippen LogP contribution in [0.2, 0.25) is 5.02 Å². The van der Waals surface area contributed by atoms with Crippen molar-refractivity contribution in [1.82, 2.24) is 16.2 Å². The van der Waals surface area contributed by atoms with Crippen LogP contribution in [0.4, 0.5) is 0 Å². The van der Waals surface area contributed by atoms with Crippen molar-refractivity contribution in [2.45, 2.75) is 24.8 Å². The molecule has 0 saturated heterocycles. The molecule has 142 valence electrons. The SMILES string of the molecule is Cc1ccc(SCC(=O)NNC(=O)[C@H](C)NC(=O)c2ccccc2Cl)cc1. The van der Waals surface area contributed by atoms with Crippen molar-refractivity contribution < 1.29 is 14.4 Å². The number of carbonyl (C=O) groups excluding carboxylic acids is 3. The number of rotatable bonds is 6. The summed E-state index contributed by atoms with van der Waals surface area (Å²) in [5.41, 5.74) is 6.05. The van der Waals surface area contributed by atoms with E-state index in [9.17, 15) is 14.4 Å². The summed E-state index contributed by atoms with van der Waals surface area (Å²) < 4.78 is 0. The predicted molar refractivity (Wildman–Crippen MR) is 107 cm³/mol. The Morgan fingerprint density at radius 2 is 1.70 bits per heavy atom. The first-order chi connectivity index (χ1) is 12.9. The average Bonchev–Trinajstić information content (AvgIpc) is 2.65. The molecule has 0 aliphatic carbocycles. The summed E-state index contributed by atoms with van der Waals surface area (Å²) in [6.07, 6.45) is 0. The molecule has 0 fully saturated rings. The minimum atomic E-state index is -0.848. The molecule has 2 rings (SSSR count). The average molecular weight is 406 g/mol. The largest absolute Gasteiger partial charge is 0.340 e. The molecule has 0 aliphatic heterocycles. The smallest absolute Gasteiger partial charge is 0.260 e. The molecule has 3 N–H and O–H groups in total.